The summed E-state index contributed by atoms with van der Waals surface area (Å²) in [5, 5.41) is 3.59. The van der Waals surface area contributed by atoms with E-state index in [1.54, 1.807) is 18.2 Å². The van der Waals surface area contributed by atoms with E-state index in [1.807, 2.05) is 13.0 Å². The van der Waals surface area contributed by atoms with Crippen LogP contribution in [0.1, 0.15) is 15.9 Å². The average molecular weight is 224 g/mol. The van der Waals surface area contributed by atoms with Gasteiger partial charge in [-0.2, -0.15) is 0 Å². The van der Waals surface area contributed by atoms with Crippen molar-refractivity contribution in [3.63, 3.8) is 0 Å². The smallest absolute Gasteiger partial charge is 0.176 e. The van der Waals surface area contributed by atoms with Crippen LogP contribution in [0.25, 0.3) is 0 Å². The van der Waals surface area contributed by atoms with E-state index in [9.17, 15) is 4.79 Å². The van der Waals surface area contributed by atoms with Crippen molar-refractivity contribution in [2.45, 2.75) is 6.92 Å². The summed E-state index contributed by atoms with van der Waals surface area (Å²) < 4.78 is 0. The molecular formula is C12H14ClNO. The molecule has 0 aliphatic heterocycles. The van der Waals surface area contributed by atoms with Crippen LogP contribution >= 0.6 is 11.6 Å². The second-order valence-electron chi connectivity index (χ2n) is 3.31. The Bertz CT molecular complexity index is 374. The van der Waals surface area contributed by atoms with Crippen molar-refractivity contribution in [2.75, 3.05) is 13.1 Å². The summed E-state index contributed by atoms with van der Waals surface area (Å²) in [6.07, 6.45) is 1.72. The van der Waals surface area contributed by atoms with Gasteiger partial charge in [-0.25, -0.2) is 0 Å². The molecule has 3 heteroatoms. The summed E-state index contributed by atoms with van der Waals surface area (Å²) in [4.78, 5) is 11.6. The number of nitrogens with one attached hydrogen (secondary N) is 1. The van der Waals surface area contributed by atoms with Crippen molar-refractivity contribution in [1.82, 2.24) is 5.32 Å². The van der Waals surface area contributed by atoms with Gasteiger partial charge in [-0.3, -0.25) is 4.79 Å². The summed E-state index contributed by atoms with van der Waals surface area (Å²) in [6.45, 7) is 6.41. The van der Waals surface area contributed by atoms with Crippen molar-refractivity contribution in [2.24, 2.45) is 0 Å². The Morgan fingerprint density at radius 1 is 1.60 bits per heavy atom. The molecule has 0 aliphatic carbocycles. The van der Waals surface area contributed by atoms with E-state index in [0.29, 0.717) is 23.7 Å². The molecule has 2 nitrogen and oxygen atoms in total. The lowest BCUT2D eigenvalue weighted by Gasteiger charge is -2.03. The molecular weight excluding hydrogens is 210 g/mol. The van der Waals surface area contributed by atoms with Gasteiger partial charge < -0.3 is 5.32 Å². The highest BCUT2D eigenvalue weighted by molar-refractivity contribution is 6.31. The normalized spacial score (nSPS) is 10.0. The van der Waals surface area contributed by atoms with Crippen LogP contribution in [0.2, 0.25) is 5.02 Å². The number of ketones is 1. The molecule has 0 aliphatic rings. The van der Waals surface area contributed by atoms with Crippen molar-refractivity contribution in [3.8, 4) is 0 Å². The minimum absolute atomic E-state index is 0.0405. The molecule has 0 fully saturated rings. The molecule has 1 aromatic rings. The fraction of sp³-hybridized carbons (Fsp3) is 0.250. The van der Waals surface area contributed by atoms with Gasteiger partial charge in [-0.05, 0) is 18.6 Å². The van der Waals surface area contributed by atoms with Gasteiger partial charge in [-0.15, -0.1) is 6.58 Å². The predicted octanol–water partition coefficient (Wildman–Crippen LogP) is 2.61. The lowest BCUT2D eigenvalue weighted by Crippen LogP contribution is -2.22. The number of rotatable bonds is 5. The molecule has 80 valence electrons. The topological polar surface area (TPSA) is 29.1 Å². The molecule has 0 unspecified atom stereocenters. The number of halogens is 1. The summed E-state index contributed by atoms with van der Waals surface area (Å²) in [5.41, 5.74) is 1.62. The number of carbonyl (C=O) groups excluding carboxylic acids is 1. The Labute approximate surface area is 94.9 Å². The van der Waals surface area contributed by atoms with Crippen LogP contribution in [0.15, 0.2) is 30.9 Å². The van der Waals surface area contributed by atoms with E-state index < -0.39 is 0 Å². The molecule has 0 aromatic heterocycles. The number of aryl methyl sites for hydroxylation is 1. The molecule has 0 spiro atoms. The molecule has 0 bridgehead atoms. The van der Waals surface area contributed by atoms with E-state index in [4.69, 9.17) is 11.6 Å². The van der Waals surface area contributed by atoms with E-state index in [0.717, 1.165) is 5.56 Å². The molecule has 1 rings (SSSR count). The molecule has 0 heterocycles. The van der Waals surface area contributed by atoms with Crippen molar-refractivity contribution < 1.29 is 4.79 Å². The lowest BCUT2D eigenvalue weighted by molar-refractivity contribution is 0.0992. The van der Waals surface area contributed by atoms with Gasteiger partial charge in [0, 0.05) is 17.1 Å². The largest absolute Gasteiger partial charge is 0.306 e. The van der Waals surface area contributed by atoms with Crippen LogP contribution in [-0.2, 0) is 0 Å². The fourth-order valence-electron chi connectivity index (χ4n) is 1.16. The highest BCUT2D eigenvalue weighted by Crippen LogP contribution is 2.16. The number of carbonyl (C=O) groups is 1. The third-order valence-electron chi connectivity index (χ3n) is 2.07. The third-order valence-corrected chi connectivity index (χ3v) is 2.48. The minimum atomic E-state index is 0.0405. The van der Waals surface area contributed by atoms with Crippen LogP contribution in [0, 0.1) is 6.92 Å². The van der Waals surface area contributed by atoms with Gasteiger partial charge in [0.2, 0.25) is 0 Å². The van der Waals surface area contributed by atoms with E-state index in [1.165, 1.54) is 0 Å². The van der Waals surface area contributed by atoms with Crippen LogP contribution in [0.5, 0.6) is 0 Å². The number of benzene rings is 1. The Kier molecular flexibility index (Phi) is 4.53. The lowest BCUT2D eigenvalue weighted by atomic mass is 10.1. The number of hydrogen-bond donors (Lipinski definition) is 1. The van der Waals surface area contributed by atoms with Crippen molar-refractivity contribution >= 4 is 17.4 Å². The molecule has 0 saturated carbocycles. The first-order valence-electron chi connectivity index (χ1n) is 4.76. The standard InChI is InChI=1S/C12H14ClNO/c1-3-6-14-8-12(15)10-5-4-9(2)11(13)7-10/h3-5,7,14H,1,6,8H2,2H3. The highest BCUT2D eigenvalue weighted by atomic mass is 35.5. The molecule has 15 heavy (non-hydrogen) atoms. The maximum atomic E-state index is 11.6. The maximum Gasteiger partial charge on any atom is 0.176 e. The second-order valence-corrected chi connectivity index (χ2v) is 3.71. The predicted molar refractivity (Wildman–Crippen MR) is 63.6 cm³/mol. The maximum absolute atomic E-state index is 11.6. The first kappa shape index (κ1) is 12.0. The molecule has 1 aromatic carbocycles. The monoisotopic (exact) mass is 223 g/mol. The fourth-order valence-corrected chi connectivity index (χ4v) is 1.34. The van der Waals surface area contributed by atoms with Crippen LogP contribution in [0.3, 0.4) is 0 Å². The van der Waals surface area contributed by atoms with Crippen LogP contribution < -0.4 is 5.32 Å². The SMILES string of the molecule is C=CCNCC(=O)c1ccc(C)c(Cl)c1. The van der Waals surface area contributed by atoms with E-state index in [2.05, 4.69) is 11.9 Å². The number of Topliss-reactive ketones (excluding diaryl/α,β-unsaturated/α-hetero) is 1. The molecule has 1 N–H and O–H groups in total. The zero-order valence-corrected chi connectivity index (χ0v) is 9.47. The number of hydrogen-bond acceptors (Lipinski definition) is 2. The summed E-state index contributed by atoms with van der Waals surface area (Å²) in [6, 6.07) is 5.34. The van der Waals surface area contributed by atoms with Gasteiger partial charge in [0.15, 0.2) is 5.78 Å². The molecule has 0 amide bonds. The minimum Gasteiger partial charge on any atom is -0.306 e. The summed E-state index contributed by atoms with van der Waals surface area (Å²) in [7, 11) is 0. The van der Waals surface area contributed by atoms with Gasteiger partial charge in [0.05, 0.1) is 6.54 Å². The van der Waals surface area contributed by atoms with Gasteiger partial charge in [0.25, 0.3) is 0 Å². The second kappa shape index (κ2) is 5.69. The van der Waals surface area contributed by atoms with Gasteiger partial charge >= 0.3 is 0 Å². The zero-order chi connectivity index (χ0) is 11.3. The summed E-state index contributed by atoms with van der Waals surface area (Å²) in [5.74, 6) is 0.0405. The zero-order valence-electron chi connectivity index (χ0n) is 8.72. The van der Waals surface area contributed by atoms with Crippen LogP contribution in [-0.4, -0.2) is 18.9 Å². The molecule has 0 saturated heterocycles. The van der Waals surface area contributed by atoms with Crippen LogP contribution in [0.4, 0.5) is 0 Å². The van der Waals surface area contributed by atoms with Gasteiger partial charge in [0.1, 0.15) is 0 Å². The van der Waals surface area contributed by atoms with Crippen molar-refractivity contribution in [1.29, 1.82) is 0 Å². The highest BCUT2D eigenvalue weighted by Gasteiger charge is 2.06. The first-order chi connectivity index (χ1) is 7.15. The average Bonchev–Trinajstić information content (AvgIpc) is 2.22. The Morgan fingerprint density at radius 3 is 2.93 bits per heavy atom. The Hall–Kier alpha value is -1.12. The van der Waals surface area contributed by atoms with E-state index >= 15 is 0 Å². The first-order valence-corrected chi connectivity index (χ1v) is 5.14. The Balaban J connectivity index is 2.65. The summed E-state index contributed by atoms with van der Waals surface area (Å²) >= 11 is 5.93. The molecule has 0 radical (unpaired) electrons. The Morgan fingerprint density at radius 2 is 2.33 bits per heavy atom. The molecule has 0 atom stereocenters. The third kappa shape index (κ3) is 3.50. The van der Waals surface area contributed by atoms with Gasteiger partial charge in [-0.1, -0.05) is 29.8 Å². The van der Waals surface area contributed by atoms with Crippen molar-refractivity contribution in [3.05, 3.63) is 47.0 Å². The van der Waals surface area contributed by atoms with E-state index in [-0.39, 0.29) is 5.78 Å². The quantitative estimate of drug-likeness (QED) is 0.472.